The Hall–Kier alpha value is -2.76. The molecule has 0 saturated carbocycles. The molecule has 6 atom stereocenters. The fourth-order valence-corrected chi connectivity index (χ4v) is 3.54. The standard InChI is InChI=1S/C20H22O10/c21-11-2-1-8(3-13(11)23)19-14(24)6-10-12(22)4-9(5-16(10)30-19)29-20-18(27)17(26)15(25)7-28-20/h1-5,14-15,17-27H,6-7H2/t14-,15-,17+,18-,19-,20-/m1/s1. The van der Waals surface area contributed by atoms with Crippen LogP contribution in [0.25, 0.3) is 0 Å². The summed E-state index contributed by atoms with van der Waals surface area (Å²) in [5, 5.41) is 69.3. The Morgan fingerprint density at radius 1 is 0.833 bits per heavy atom. The zero-order valence-electron chi connectivity index (χ0n) is 15.6. The number of hydrogen-bond donors (Lipinski definition) is 7. The SMILES string of the molecule is Oc1ccc([C@H]2Oc3cc(O[C@H]4OC[C@@H](O)[C@H](O)[C@H]4O)cc(O)c3C[C@H]2O)cc1O. The van der Waals surface area contributed by atoms with Gasteiger partial charge in [0.1, 0.15) is 41.7 Å². The highest BCUT2D eigenvalue weighted by Crippen LogP contribution is 2.43. The molecule has 2 aliphatic rings. The zero-order valence-corrected chi connectivity index (χ0v) is 15.6. The first-order valence-electron chi connectivity index (χ1n) is 9.29. The molecule has 162 valence electrons. The number of aromatic hydroxyl groups is 3. The summed E-state index contributed by atoms with van der Waals surface area (Å²) < 4.78 is 16.5. The van der Waals surface area contributed by atoms with Crippen molar-refractivity contribution in [1.29, 1.82) is 0 Å². The van der Waals surface area contributed by atoms with Crippen molar-refractivity contribution < 1.29 is 50.0 Å². The third kappa shape index (κ3) is 3.71. The van der Waals surface area contributed by atoms with Crippen LogP contribution in [0.15, 0.2) is 30.3 Å². The summed E-state index contributed by atoms with van der Waals surface area (Å²) in [5.74, 6) is -0.602. The maximum atomic E-state index is 10.5. The van der Waals surface area contributed by atoms with Gasteiger partial charge in [-0.3, -0.25) is 0 Å². The number of ether oxygens (including phenoxy) is 3. The highest BCUT2D eigenvalue weighted by Gasteiger charge is 2.39. The highest BCUT2D eigenvalue weighted by molar-refractivity contribution is 5.52. The smallest absolute Gasteiger partial charge is 0.228 e. The van der Waals surface area contributed by atoms with E-state index in [1.54, 1.807) is 0 Å². The molecule has 2 aromatic rings. The quantitative estimate of drug-likeness (QED) is 0.325. The van der Waals surface area contributed by atoms with Gasteiger partial charge in [-0.15, -0.1) is 0 Å². The summed E-state index contributed by atoms with van der Waals surface area (Å²) in [4.78, 5) is 0. The van der Waals surface area contributed by atoms with Crippen LogP contribution >= 0.6 is 0 Å². The predicted molar refractivity (Wildman–Crippen MR) is 99.3 cm³/mol. The van der Waals surface area contributed by atoms with Gasteiger partial charge in [-0.1, -0.05) is 6.07 Å². The lowest BCUT2D eigenvalue weighted by molar-refractivity contribution is -0.242. The summed E-state index contributed by atoms with van der Waals surface area (Å²) in [7, 11) is 0. The second-order valence-corrected chi connectivity index (χ2v) is 7.35. The molecule has 0 aromatic heterocycles. The molecule has 0 spiro atoms. The van der Waals surface area contributed by atoms with Crippen LogP contribution in [0.3, 0.4) is 0 Å². The molecule has 7 N–H and O–H groups in total. The van der Waals surface area contributed by atoms with E-state index in [9.17, 15) is 35.7 Å². The summed E-state index contributed by atoms with van der Waals surface area (Å²) in [5.41, 5.74) is 0.757. The number of hydrogen-bond acceptors (Lipinski definition) is 10. The molecule has 2 aromatic carbocycles. The van der Waals surface area contributed by atoms with Crippen LogP contribution in [0, 0.1) is 0 Å². The average molecular weight is 422 g/mol. The lowest BCUT2D eigenvalue weighted by Gasteiger charge is -2.35. The Bertz CT molecular complexity index is 932. The predicted octanol–water partition coefficient (Wildman–Crippen LogP) is -0.342. The highest BCUT2D eigenvalue weighted by atomic mass is 16.7. The normalized spacial score (nSPS) is 30.9. The molecule has 0 bridgehead atoms. The van der Waals surface area contributed by atoms with Crippen molar-refractivity contribution in [2.45, 2.75) is 43.2 Å². The van der Waals surface area contributed by atoms with Crippen LogP contribution < -0.4 is 9.47 Å². The molecule has 1 saturated heterocycles. The Kier molecular flexibility index (Phi) is 5.35. The van der Waals surface area contributed by atoms with Gasteiger partial charge in [0.25, 0.3) is 0 Å². The maximum Gasteiger partial charge on any atom is 0.228 e. The number of rotatable bonds is 3. The Balaban J connectivity index is 1.58. The molecule has 0 unspecified atom stereocenters. The fraction of sp³-hybridized carbons (Fsp3) is 0.400. The summed E-state index contributed by atoms with van der Waals surface area (Å²) >= 11 is 0. The number of aliphatic hydroxyl groups is 4. The number of phenolic OH excluding ortho intramolecular Hbond substituents is 3. The third-order valence-corrected chi connectivity index (χ3v) is 5.21. The van der Waals surface area contributed by atoms with Crippen molar-refractivity contribution in [2.24, 2.45) is 0 Å². The molecule has 2 heterocycles. The molecule has 0 radical (unpaired) electrons. The number of benzene rings is 2. The molecule has 0 aliphatic carbocycles. The average Bonchev–Trinajstić information content (AvgIpc) is 2.71. The van der Waals surface area contributed by atoms with Gasteiger partial charge in [-0.25, -0.2) is 0 Å². The van der Waals surface area contributed by atoms with Crippen LogP contribution in [0.1, 0.15) is 17.2 Å². The first-order chi connectivity index (χ1) is 14.2. The van der Waals surface area contributed by atoms with Gasteiger partial charge in [-0.2, -0.15) is 0 Å². The molecule has 10 nitrogen and oxygen atoms in total. The number of fused-ring (bicyclic) bond motifs is 1. The van der Waals surface area contributed by atoms with Gasteiger partial charge >= 0.3 is 0 Å². The van der Waals surface area contributed by atoms with Crippen molar-refractivity contribution in [3.8, 4) is 28.7 Å². The lowest BCUT2D eigenvalue weighted by atomic mass is 9.94. The van der Waals surface area contributed by atoms with Crippen molar-refractivity contribution >= 4 is 0 Å². The van der Waals surface area contributed by atoms with E-state index in [-0.39, 0.29) is 41.8 Å². The fourth-order valence-electron chi connectivity index (χ4n) is 3.54. The topological polar surface area (TPSA) is 169 Å². The van der Waals surface area contributed by atoms with Crippen molar-refractivity contribution in [3.05, 3.63) is 41.5 Å². The van der Waals surface area contributed by atoms with E-state index in [0.29, 0.717) is 11.1 Å². The van der Waals surface area contributed by atoms with E-state index in [1.165, 1.54) is 30.3 Å². The summed E-state index contributed by atoms with van der Waals surface area (Å²) in [6.45, 7) is -0.241. The maximum absolute atomic E-state index is 10.5. The molecule has 30 heavy (non-hydrogen) atoms. The van der Waals surface area contributed by atoms with E-state index < -0.39 is 36.8 Å². The molecule has 2 aliphatic heterocycles. The Labute approximate surface area is 170 Å². The molecule has 0 amide bonds. The van der Waals surface area contributed by atoms with Gasteiger partial charge in [0.15, 0.2) is 11.5 Å². The van der Waals surface area contributed by atoms with Crippen LogP contribution in [0.5, 0.6) is 28.7 Å². The van der Waals surface area contributed by atoms with Gasteiger partial charge < -0.3 is 50.0 Å². The van der Waals surface area contributed by atoms with Crippen LogP contribution in [0.4, 0.5) is 0 Å². The number of aliphatic hydroxyl groups excluding tert-OH is 4. The van der Waals surface area contributed by atoms with Crippen molar-refractivity contribution in [3.63, 3.8) is 0 Å². The van der Waals surface area contributed by atoms with Crippen molar-refractivity contribution in [2.75, 3.05) is 6.61 Å². The largest absolute Gasteiger partial charge is 0.507 e. The molecule has 4 rings (SSSR count). The Morgan fingerprint density at radius 3 is 2.33 bits per heavy atom. The molecule has 1 fully saturated rings. The molecule has 10 heteroatoms. The minimum absolute atomic E-state index is 0.0568. The first kappa shape index (κ1) is 20.5. The van der Waals surface area contributed by atoms with Gasteiger partial charge in [0.05, 0.1) is 12.7 Å². The molecular weight excluding hydrogens is 400 g/mol. The number of phenols is 3. The minimum Gasteiger partial charge on any atom is -0.507 e. The van der Waals surface area contributed by atoms with Gasteiger partial charge in [0.2, 0.25) is 6.29 Å². The van der Waals surface area contributed by atoms with E-state index in [2.05, 4.69) is 0 Å². The third-order valence-electron chi connectivity index (χ3n) is 5.21. The van der Waals surface area contributed by atoms with E-state index in [4.69, 9.17) is 14.2 Å². The van der Waals surface area contributed by atoms with E-state index >= 15 is 0 Å². The van der Waals surface area contributed by atoms with Crippen LogP contribution in [-0.2, 0) is 11.2 Å². The summed E-state index contributed by atoms with van der Waals surface area (Å²) in [6, 6.07) is 6.73. The van der Waals surface area contributed by atoms with Gasteiger partial charge in [-0.05, 0) is 17.7 Å². The lowest BCUT2D eigenvalue weighted by Crippen LogP contribution is -2.54. The molecular formula is C20H22O10. The van der Waals surface area contributed by atoms with Crippen LogP contribution in [-0.4, -0.2) is 73.1 Å². The summed E-state index contributed by atoms with van der Waals surface area (Å²) in [6.07, 6.45) is -7.34. The zero-order chi connectivity index (χ0) is 21.6. The van der Waals surface area contributed by atoms with Gasteiger partial charge in [0, 0.05) is 24.1 Å². The minimum atomic E-state index is -1.51. The first-order valence-corrected chi connectivity index (χ1v) is 9.29. The monoisotopic (exact) mass is 422 g/mol. The van der Waals surface area contributed by atoms with E-state index in [1.807, 2.05) is 0 Å². The van der Waals surface area contributed by atoms with Crippen molar-refractivity contribution in [1.82, 2.24) is 0 Å². The second-order valence-electron chi connectivity index (χ2n) is 7.35. The van der Waals surface area contributed by atoms with Crippen LogP contribution in [0.2, 0.25) is 0 Å². The second kappa shape index (κ2) is 7.82. The van der Waals surface area contributed by atoms with E-state index in [0.717, 1.165) is 0 Å². The Morgan fingerprint density at radius 2 is 1.60 bits per heavy atom.